The molecule has 0 heterocycles. The van der Waals surface area contributed by atoms with Gasteiger partial charge in [0.05, 0.1) is 5.71 Å². The zero-order valence-corrected chi connectivity index (χ0v) is 12.9. The second-order valence-corrected chi connectivity index (χ2v) is 5.40. The van der Waals surface area contributed by atoms with Crippen LogP contribution in [-0.2, 0) is 11.4 Å². The van der Waals surface area contributed by atoms with Crippen molar-refractivity contribution in [3.8, 4) is 0 Å². The van der Waals surface area contributed by atoms with Crippen molar-refractivity contribution in [2.75, 3.05) is 0 Å². The second-order valence-electron chi connectivity index (χ2n) is 4.55. The number of benzene rings is 2. The highest BCUT2D eigenvalue weighted by Gasteiger charge is 2.02. The monoisotopic (exact) mass is 307 g/mol. The van der Waals surface area contributed by atoms with Crippen LogP contribution in [-0.4, -0.2) is 5.71 Å². The number of oxime groups is 1. The molecule has 0 aliphatic rings. The molecule has 0 aromatic heterocycles. The number of rotatable bonds is 4. The van der Waals surface area contributed by atoms with Crippen molar-refractivity contribution in [2.24, 2.45) is 5.16 Å². The lowest BCUT2D eigenvalue weighted by Gasteiger charge is -2.05. The van der Waals surface area contributed by atoms with Gasteiger partial charge in [-0.05, 0) is 31.5 Å². The van der Waals surface area contributed by atoms with E-state index in [1.807, 2.05) is 37.3 Å². The molecule has 0 atom stereocenters. The van der Waals surface area contributed by atoms with Crippen LogP contribution in [0.2, 0.25) is 10.0 Å². The average molecular weight is 308 g/mol. The van der Waals surface area contributed by atoms with E-state index in [1.54, 1.807) is 12.1 Å². The van der Waals surface area contributed by atoms with E-state index in [2.05, 4.69) is 12.1 Å². The van der Waals surface area contributed by atoms with Crippen LogP contribution in [0, 0.1) is 6.92 Å². The Bertz CT molecular complexity index is 621. The lowest BCUT2D eigenvalue weighted by Crippen LogP contribution is -1.97. The van der Waals surface area contributed by atoms with Crippen LogP contribution in [0.4, 0.5) is 0 Å². The quantitative estimate of drug-likeness (QED) is 0.559. The van der Waals surface area contributed by atoms with Crippen molar-refractivity contribution in [2.45, 2.75) is 20.5 Å². The molecule has 2 rings (SSSR count). The number of nitrogens with zero attached hydrogens (tertiary/aromatic N) is 1. The van der Waals surface area contributed by atoms with E-state index >= 15 is 0 Å². The predicted molar refractivity (Wildman–Crippen MR) is 84.6 cm³/mol. The van der Waals surface area contributed by atoms with Gasteiger partial charge < -0.3 is 4.84 Å². The molecule has 0 unspecified atom stereocenters. The Balaban J connectivity index is 2.00. The van der Waals surface area contributed by atoms with Crippen LogP contribution >= 0.6 is 23.2 Å². The maximum absolute atomic E-state index is 6.07. The van der Waals surface area contributed by atoms with Gasteiger partial charge in [0.15, 0.2) is 0 Å². The fraction of sp³-hybridized carbons (Fsp3) is 0.188. The Kier molecular flexibility index (Phi) is 5.05. The van der Waals surface area contributed by atoms with Crippen LogP contribution in [0.15, 0.2) is 47.6 Å². The third kappa shape index (κ3) is 3.99. The molecule has 0 fully saturated rings. The number of hydrogen-bond acceptors (Lipinski definition) is 2. The van der Waals surface area contributed by atoms with Crippen LogP contribution in [0.3, 0.4) is 0 Å². The first-order chi connectivity index (χ1) is 9.56. The largest absolute Gasteiger partial charge is 0.391 e. The Labute approximate surface area is 129 Å². The molecule has 0 amide bonds. The van der Waals surface area contributed by atoms with Crippen LogP contribution in [0.5, 0.6) is 0 Å². The number of halogens is 2. The maximum atomic E-state index is 6.07. The molecule has 4 heteroatoms. The zero-order chi connectivity index (χ0) is 14.5. The predicted octanol–water partition coefficient (Wildman–Crippen LogP) is 5.24. The number of hydrogen-bond donors (Lipinski definition) is 0. The minimum absolute atomic E-state index is 0.319. The fourth-order valence-corrected chi connectivity index (χ4v) is 2.15. The van der Waals surface area contributed by atoms with Gasteiger partial charge >= 0.3 is 0 Å². The van der Waals surface area contributed by atoms with Crippen molar-refractivity contribution in [1.29, 1.82) is 0 Å². The van der Waals surface area contributed by atoms with Gasteiger partial charge in [0.2, 0.25) is 0 Å². The van der Waals surface area contributed by atoms with Gasteiger partial charge in [0, 0.05) is 15.6 Å². The topological polar surface area (TPSA) is 21.6 Å². The Morgan fingerprint density at radius 3 is 2.45 bits per heavy atom. The Morgan fingerprint density at radius 1 is 1.10 bits per heavy atom. The summed E-state index contributed by atoms with van der Waals surface area (Å²) in [5.41, 5.74) is 3.94. The van der Waals surface area contributed by atoms with Crippen LogP contribution in [0.25, 0.3) is 0 Å². The Morgan fingerprint density at radius 2 is 1.80 bits per heavy atom. The van der Waals surface area contributed by atoms with E-state index in [4.69, 9.17) is 28.0 Å². The van der Waals surface area contributed by atoms with Crippen molar-refractivity contribution in [3.05, 3.63) is 69.2 Å². The Hall–Kier alpha value is -1.51. The lowest BCUT2D eigenvalue weighted by atomic mass is 10.1. The van der Waals surface area contributed by atoms with E-state index < -0.39 is 0 Å². The summed E-state index contributed by atoms with van der Waals surface area (Å²) in [6.45, 7) is 4.28. The molecule has 2 nitrogen and oxygen atoms in total. The molecule has 2 aromatic rings. The summed E-state index contributed by atoms with van der Waals surface area (Å²) in [4.78, 5) is 5.35. The minimum atomic E-state index is 0.319. The van der Waals surface area contributed by atoms with Gasteiger partial charge in [0.25, 0.3) is 0 Å². The van der Waals surface area contributed by atoms with Crippen molar-refractivity contribution in [1.82, 2.24) is 0 Å². The zero-order valence-electron chi connectivity index (χ0n) is 11.4. The first-order valence-corrected chi connectivity index (χ1v) is 6.99. The molecular weight excluding hydrogens is 293 g/mol. The van der Waals surface area contributed by atoms with Gasteiger partial charge in [-0.15, -0.1) is 0 Å². The molecular formula is C16H15Cl2NO. The van der Waals surface area contributed by atoms with E-state index in [-0.39, 0.29) is 0 Å². The van der Waals surface area contributed by atoms with E-state index in [1.165, 1.54) is 5.56 Å². The molecule has 104 valence electrons. The highest BCUT2D eigenvalue weighted by Crippen LogP contribution is 2.21. The summed E-state index contributed by atoms with van der Waals surface area (Å²) >= 11 is 11.9. The lowest BCUT2D eigenvalue weighted by molar-refractivity contribution is 0.130. The standard InChI is InChI=1S/C16H15Cl2NO/c1-11-3-5-13(6-4-11)12(2)19-20-10-14-7-8-15(17)9-16(14)18/h3-9H,10H2,1-2H3. The molecule has 2 aromatic carbocycles. The number of aryl methyl sites for hydroxylation is 1. The van der Waals surface area contributed by atoms with Gasteiger partial charge in [-0.3, -0.25) is 0 Å². The molecule has 0 bridgehead atoms. The summed E-state index contributed by atoms with van der Waals surface area (Å²) in [5, 5.41) is 5.30. The average Bonchev–Trinajstić information content (AvgIpc) is 2.42. The van der Waals surface area contributed by atoms with E-state index in [0.29, 0.717) is 16.7 Å². The highest BCUT2D eigenvalue weighted by atomic mass is 35.5. The molecule has 0 radical (unpaired) electrons. The maximum Gasteiger partial charge on any atom is 0.143 e. The van der Waals surface area contributed by atoms with Crippen LogP contribution < -0.4 is 0 Å². The summed E-state index contributed by atoms with van der Waals surface area (Å²) in [5.74, 6) is 0. The SMILES string of the molecule is CC(=NOCc1ccc(Cl)cc1Cl)c1ccc(C)cc1. The molecule has 0 N–H and O–H groups in total. The van der Waals surface area contributed by atoms with E-state index in [0.717, 1.165) is 16.8 Å². The molecule has 0 spiro atoms. The molecule has 0 aliphatic heterocycles. The van der Waals surface area contributed by atoms with Crippen molar-refractivity contribution >= 4 is 28.9 Å². The third-order valence-electron chi connectivity index (χ3n) is 2.91. The minimum Gasteiger partial charge on any atom is -0.391 e. The summed E-state index contributed by atoms with van der Waals surface area (Å²) in [7, 11) is 0. The smallest absolute Gasteiger partial charge is 0.143 e. The summed E-state index contributed by atoms with van der Waals surface area (Å²) in [6.07, 6.45) is 0. The van der Waals surface area contributed by atoms with Gasteiger partial charge in [-0.2, -0.15) is 0 Å². The van der Waals surface area contributed by atoms with Gasteiger partial charge in [0.1, 0.15) is 6.61 Å². The van der Waals surface area contributed by atoms with Gasteiger partial charge in [-0.1, -0.05) is 64.3 Å². The van der Waals surface area contributed by atoms with E-state index in [9.17, 15) is 0 Å². The highest BCUT2D eigenvalue weighted by molar-refractivity contribution is 6.35. The van der Waals surface area contributed by atoms with Crippen molar-refractivity contribution in [3.63, 3.8) is 0 Å². The van der Waals surface area contributed by atoms with Gasteiger partial charge in [-0.25, -0.2) is 0 Å². The summed E-state index contributed by atoms with van der Waals surface area (Å²) in [6, 6.07) is 13.4. The third-order valence-corrected chi connectivity index (χ3v) is 3.49. The molecule has 0 saturated carbocycles. The van der Waals surface area contributed by atoms with Crippen LogP contribution in [0.1, 0.15) is 23.6 Å². The summed E-state index contributed by atoms with van der Waals surface area (Å²) < 4.78 is 0. The molecule has 20 heavy (non-hydrogen) atoms. The first-order valence-electron chi connectivity index (χ1n) is 6.24. The van der Waals surface area contributed by atoms with Crippen molar-refractivity contribution < 1.29 is 4.84 Å². The normalized spacial score (nSPS) is 11.5. The first kappa shape index (κ1) is 14.9. The fourth-order valence-electron chi connectivity index (χ4n) is 1.68. The second kappa shape index (κ2) is 6.78. The molecule has 0 aliphatic carbocycles. The molecule has 0 saturated heterocycles.